The van der Waals surface area contributed by atoms with Gasteiger partial charge in [-0.1, -0.05) is 0 Å². The van der Waals surface area contributed by atoms with Crippen molar-refractivity contribution >= 4 is 23.1 Å². The van der Waals surface area contributed by atoms with E-state index in [1.54, 1.807) is 0 Å². The van der Waals surface area contributed by atoms with Crippen molar-refractivity contribution in [2.45, 2.75) is 6.42 Å². The lowest BCUT2D eigenvalue weighted by Gasteiger charge is -2.11. The minimum Gasteiger partial charge on any atom is -0.384 e. The van der Waals surface area contributed by atoms with E-state index in [0.29, 0.717) is 11.6 Å². The van der Waals surface area contributed by atoms with Gasteiger partial charge in [0.2, 0.25) is 0 Å². The van der Waals surface area contributed by atoms with E-state index in [4.69, 9.17) is 0 Å². The summed E-state index contributed by atoms with van der Waals surface area (Å²) in [6, 6.07) is 3.58. The average Bonchev–Trinajstić information content (AvgIpc) is 2.78. The first-order valence-corrected chi connectivity index (χ1v) is 6.57. The minimum atomic E-state index is -0.584. The number of thioether (sulfide) groups is 1. The standard InChI is InChI=1S/C11H13FN2O2S/c12-9-3-10(5-11(4-9)14(15)16)13-6-8-1-2-17-7-8/h3-5,8,13H,1-2,6-7H2. The average molecular weight is 256 g/mol. The van der Waals surface area contributed by atoms with Gasteiger partial charge in [-0.15, -0.1) is 0 Å². The van der Waals surface area contributed by atoms with Gasteiger partial charge in [0.1, 0.15) is 5.82 Å². The van der Waals surface area contributed by atoms with Gasteiger partial charge in [-0.2, -0.15) is 11.8 Å². The van der Waals surface area contributed by atoms with Crippen LogP contribution in [0.25, 0.3) is 0 Å². The zero-order valence-electron chi connectivity index (χ0n) is 9.19. The zero-order valence-corrected chi connectivity index (χ0v) is 10.0. The number of hydrogen-bond acceptors (Lipinski definition) is 4. The molecule has 0 bridgehead atoms. The fourth-order valence-electron chi connectivity index (χ4n) is 1.79. The molecule has 1 unspecified atom stereocenters. The Morgan fingerprint density at radius 1 is 1.53 bits per heavy atom. The molecular weight excluding hydrogens is 243 g/mol. The number of rotatable bonds is 4. The Bertz CT molecular complexity index is 422. The monoisotopic (exact) mass is 256 g/mol. The molecule has 1 aliphatic heterocycles. The maximum atomic E-state index is 13.1. The fraction of sp³-hybridized carbons (Fsp3) is 0.455. The summed E-state index contributed by atoms with van der Waals surface area (Å²) >= 11 is 1.91. The molecule has 2 rings (SSSR count). The van der Waals surface area contributed by atoms with Crippen molar-refractivity contribution in [2.24, 2.45) is 5.92 Å². The SMILES string of the molecule is O=[N+]([O-])c1cc(F)cc(NCC2CCSC2)c1. The van der Waals surface area contributed by atoms with Gasteiger partial charge in [0.25, 0.3) is 5.69 Å². The quantitative estimate of drug-likeness (QED) is 0.664. The van der Waals surface area contributed by atoms with E-state index in [9.17, 15) is 14.5 Å². The Labute approximate surface area is 103 Å². The minimum absolute atomic E-state index is 0.215. The number of nitro benzene ring substituents is 1. The van der Waals surface area contributed by atoms with Gasteiger partial charge in [-0.05, 0) is 29.9 Å². The Hall–Kier alpha value is -1.30. The van der Waals surface area contributed by atoms with E-state index < -0.39 is 10.7 Å². The van der Waals surface area contributed by atoms with Crippen molar-refractivity contribution < 1.29 is 9.31 Å². The van der Waals surface area contributed by atoms with Crippen LogP contribution < -0.4 is 5.32 Å². The Kier molecular flexibility index (Phi) is 3.83. The molecule has 0 aliphatic carbocycles. The van der Waals surface area contributed by atoms with Crippen molar-refractivity contribution in [3.63, 3.8) is 0 Å². The molecule has 6 heteroatoms. The Morgan fingerprint density at radius 2 is 2.35 bits per heavy atom. The predicted octanol–water partition coefficient (Wildman–Crippen LogP) is 2.90. The first kappa shape index (κ1) is 12.2. The molecule has 0 aromatic heterocycles. The fourth-order valence-corrected chi connectivity index (χ4v) is 3.07. The van der Waals surface area contributed by atoms with Crippen LogP contribution in [0.4, 0.5) is 15.8 Å². The lowest BCUT2D eigenvalue weighted by atomic mass is 10.1. The molecule has 1 aliphatic rings. The van der Waals surface area contributed by atoms with Crippen molar-refractivity contribution in [3.05, 3.63) is 34.1 Å². The third kappa shape index (κ3) is 3.33. The van der Waals surface area contributed by atoms with Crippen molar-refractivity contribution in [1.29, 1.82) is 0 Å². The molecule has 1 aromatic rings. The van der Waals surface area contributed by atoms with Crippen molar-refractivity contribution in [1.82, 2.24) is 0 Å². The van der Waals surface area contributed by atoms with Crippen LogP contribution >= 0.6 is 11.8 Å². The number of hydrogen-bond donors (Lipinski definition) is 1. The van der Waals surface area contributed by atoms with Gasteiger partial charge in [0.15, 0.2) is 0 Å². The largest absolute Gasteiger partial charge is 0.384 e. The van der Waals surface area contributed by atoms with Crippen LogP contribution in [0.2, 0.25) is 0 Å². The molecule has 92 valence electrons. The molecule has 0 radical (unpaired) electrons. The lowest BCUT2D eigenvalue weighted by Crippen LogP contribution is -2.13. The highest BCUT2D eigenvalue weighted by molar-refractivity contribution is 7.99. The van der Waals surface area contributed by atoms with Crippen molar-refractivity contribution in [3.8, 4) is 0 Å². The smallest absolute Gasteiger partial charge is 0.274 e. The number of anilines is 1. The van der Waals surface area contributed by atoms with Gasteiger partial charge >= 0.3 is 0 Å². The highest BCUT2D eigenvalue weighted by Gasteiger charge is 2.16. The van der Waals surface area contributed by atoms with Crippen LogP contribution in [0.5, 0.6) is 0 Å². The van der Waals surface area contributed by atoms with Crippen LogP contribution in [0.15, 0.2) is 18.2 Å². The number of nitrogens with one attached hydrogen (secondary N) is 1. The summed E-state index contributed by atoms with van der Waals surface area (Å²) < 4.78 is 13.1. The van der Waals surface area contributed by atoms with Gasteiger partial charge in [0, 0.05) is 18.3 Å². The van der Waals surface area contributed by atoms with E-state index >= 15 is 0 Å². The maximum absolute atomic E-state index is 13.1. The summed E-state index contributed by atoms with van der Waals surface area (Å²) in [5.74, 6) is 2.25. The Morgan fingerprint density at radius 3 is 3.00 bits per heavy atom. The van der Waals surface area contributed by atoms with E-state index in [1.807, 2.05) is 11.8 Å². The molecule has 4 nitrogen and oxygen atoms in total. The number of benzene rings is 1. The molecule has 1 atom stereocenters. The first-order valence-electron chi connectivity index (χ1n) is 5.42. The third-order valence-electron chi connectivity index (χ3n) is 2.71. The predicted molar refractivity (Wildman–Crippen MR) is 67.0 cm³/mol. The van der Waals surface area contributed by atoms with E-state index in [1.165, 1.54) is 12.1 Å². The molecular formula is C11H13FN2O2S. The molecule has 17 heavy (non-hydrogen) atoms. The number of halogens is 1. The second kappa shape index (κ2) is 5.35. The third-order valence-corrected chi connectivity index (χ3v) is 3.94. The summed E-state index contributed by atoms with van der Waals surface area (Å²) in [5, 5.41) is 13.6. The summed E-state index contributed by atoms with van der Waals surface area (Å²) in [6.45, 7) is 0.744. The van der Waals surface area contributed by atoms with Gasteiger partial charge in [-0.25, -0.2) is 4.39 Å². The molecule has 0 spiro atoms. The van der Waals surface area contributed by atoms with Crippen LogP contribution in [-0.4, -0.2) is 23.0 Å². The normalized spacial score (nSPS) is 19.2. The summed E-state index contributed by atoms with van der Waals surface area (Å²) in [5.41, 5.74) is 0.266. The van der Waals surface area contributed by atoms with Crippen molar-refractivity contribution in [2.75, 3.05) is 23.4 Å². The van der Waals surface area contributed by atoms with Gasteiger partial charge in [0.05, 0.1) is 11.0 Å². The molecule has 0 saturated carbocycles. The number of nitro groups is 1. The highest BCUT2D eigenvalue weighted by Crippen LogP contribution is 2.25. The zero-order chi connectivity index (χ0) is 12.3. The Balaban J connectivity index is 2.01. The van der Waals surface area contributed by atoms with Crippen LogP contribution in [0.3, 0.4) is 0 Å². The molecule has 1 N–H and O–H groups in total. The molecule has 1 heterocycles. The van der Waals surface area contributed by atoms with Gasteiger partial charge < -0.3 is 5.32 Å². The number of nitrogens with zero attached hydrogens (tertiary/aromatic N) is 1. The second-order valence-electron chi connectivity index (χ2n) is 4.07. The molecule has 1 fully saturated rings. The maximum Gasteiger partial charge on any atom is 0.274 e. The number of non-ortho nitro benzene ring substituents is 1. The van der Waals surface area contributed by atoms with Crippen LogP contribution in [-0.2, 0) is 0 Å². The molecule has 0 amide bonds. The lowest BCUT2D eigenvalue weighted by molar-refractivity contribution is -0.385. The van der Waals surface area contributed by atoms with Crippen LogP contribution in [0.1, 0.15) is 6.42 Å². The van der Waals surface area contributed by atoms with E-state index in [2.05, 4.69) is 5.32 Å². The first-order chi connectivity index (χ1) is 8.15. The summed E-state index contributed by atoms with van der Waals surface area (Å²) in [7, 11) is 0. The molecule has 1 aromatic carbocycles. The highest BCUT2D eigenvalue weighted by atomic mass is 32.2. The summed E-state index contributed by atoms with van der Waals surface area (Å²) in [6.07, 6.45) is 1.15. The van der Waals surface area contributed by atoms with Crippen LogP contribution in [0, 0.1) is 21.8 Å². The van der Waals surface area contributed by atoms with E-state index in [-0.39, 0.29) is 5.69 Å². The topological polar surface area (TPSA) is 55.2 Å². The molecule has 1 saturated heterocycles. The summed E-state index contributed by atoms with van der Waals surface area (Å²) in [4.78, 5) is 9.99. The van der Waals surface area contributed by atoms with Gasteiger partial charge in [-0.3, -0.25) is 10.1 Å². The second-order valence-corrected chi connectivity index (χ2v) is 5.22. The van der Waals surface area contributed by atoms with E-state index in [0.717, 1.165) is 30.5 Å².